The first-order valence-corrected chi connectivity index (χ1v) is 11.2. The molecule has 6 nitrogen and oxygen atoms in total. The molecule has 0 heterocycles. The Morgan fingerprint density at radius 2 is 1.44 bits per heavy atom. The van der Waals surface area contributed by atoms with Gasteiger partial charge in [0.2, 0.25) is 0 Å². The highest BCUT2D eigenvalue weighted by Crippen LogP contribution is 2.17. The van der Waals surface area contributed by atoms with Gasteiger partial charge in [0.1, 0.15) is 0 Å². The second-order valence-corrected chi connectivity index (χ2v) is 9.87. The van der Waals surface area contributed by atoms with Gasteiger partial charge in [-0.25, -0.2) is 16.8 Å². The van der Waals surface area contributed by atoms with Crippen molar-refractivity contribution in [1.29, 1.82) is 0 Å². The summed E-state index contributed by atoms with van der Waals surface area (Å²) in [4.78, 5) is 12.6. The van der Waals surface area contributed by atoms with Crippen LogP contribution in [0.15, 0.2) is 58.3 Å². The van der Waals surface area contributed by atoms with Gasteiger partial charge < -0.3 is 5.32 Å². The first-order chi connectivity index (χ1) is 11.5. The summed E-state index contributed by atoms with van der Waals surface area (Å²) in [5.41, 5.74) is 0.975. The maximum Gasteiger partial charge on any atom is 0.251 e. The molecule has 0 bridgehead atoms. The molecule has 25 heavy (non-hydrogen) atoms. The second-order valence-electron chi connectivity index (χ2n) is 5.84. The van der Waals surface area contributed by atoms with Gasteiger partial charge in [-0.15, -0.1) is 0 Å². The van der Waals surface area contributed by atoms with Crippen molar-refractivity contribution >= 4 is 25.6 Å². The lowest BCUT2D eigenvalue weighted by Gasteiger charge is -2.15. The Balaban J connectivity index is 2.18. The molecule has 2 rings (SSSR count). The lowest BCUT2D eigenvalue weighted by Crippen LogP contribution is -2.26. The minimum absolute atomic E-state index is 0.0744. The van der Waals surface area contributed by atoms with E-state index in [9.17, 15) is 21.6 Å². The van der Waals surface area contributed by atoms with Crippen molar-refractivity contribution in [2.75, 3.05) is 12.5 Å². The minimum Gasteiger partial charge on any atom is -0.346 e. The summed E-state index contributed by atoms with van der Waals surface area (Å²) in [5, 5.41) is 2.77. The number of nitrogens with one attached hydrogen (secondary N) is 1. The van der Waals surface area contributed by atoms with E-state index in [0.29, 0.717) is 0 Å². The molecule has 0 saturated carbocycles. The zero-order chi connectivity index (χ0) is 18.8. The number of amides is 1. The van der Waals surface area contributed by atoms with Crippen molar-refractivity contribution < 1.29 is 21.6 Å². The summed E-state index contributed by atoms with van der Waals surface area (Å²) in [6.07, 6.45) is 2.21. The van der Waals surface area contributed by atoms with Crippen LogP contribution in [-0.2, 0) is 19.7 Å². The van der Waals surface area contributed by atoms with Crippen LogP contribution in [0.3, 0.4) is 0 Å². The number of hydrogen-bond donors (Lipinski definition) is 1. The zero-order valence-corrected chi connectivity index (χ0v) is 15.7. The molecule has 0 unspecified atom stereocenters. The van der Waals surface area contributed by atoms with Crippen LogP contribution >= 0.6 is 0 Å². The second kappa shape index (κ2) is 6.97. The molecule has 0 aliphatic rings. The molecule has 134 valence electrons. The van der Waals surface area contributed by atoms with Crippen molar-refractivity contribution in [2.24, 2.45) is 0 Å². The van der Waals surface area contributed by atoms with Crippen molar-refractivity contribution in [3.8, 4) is 0 Å². The minimum atomic E-state index is -3.40. The molecule has 2 aromatic carbocycles. The summed E-state index contributed by atoms with van der Waals surface area (Å²) in [5.74, 6) is -0.412. The standard InChI is InChI=1S/C17H19NO5S2/c1-12(13-7-9-15(10-8-13)24(2,20)21)18-17(19)14-5-4-6-16(11-14)25(3,22)23/h4-12H,1-3H3,(H,18,19)/t12-/m1/s1. The Morgan fingerprint density at radius 3 is 1.96 bits per heavy atom. The van der Waals surface area contributed by atoms with Crippen LogP contribution in [-0.4, -0.2) is 35.3 Å². The molecule has 0 spiro atoms. The smallest absolute Gasteiger partial charge is 0.251 e. The lowest BCUT2D eigenvalue weighted by atomic mass is 10.1. The van der Waals surface area contributed by atoms with Crippen LogP contribution in [0.5, 0.6) is 0 Å². The number of rotatable bonds is 5. The van der Waals surface area contributed by atoms with E-state index in [-0.39, 0.29) is 21.4 Å². The lowest BCUT2D eigenvalue weighted by molar-refractivity contribution is 0.0939. The van der Waals surface area contributed by atoms with Crippen LogP contribution in [0, 0.1) is 0 Å². The SMILES string of the molecule is C[C@@H](NC(=O)c1cccc(S(C)(=O)=O)c1)c1ccc(S(C)(=O)=O)cc1. The highest BCUT2D eigenvalue weighted by atomic mass is 32.2. The Labute approximate surface area is 147 Å². The van der Waals surface area contributed by atoms with E-state index in [1.54, 1.807) is 19.1 Å². The largest absolute Gasteiger partial charge is 0.346 e. The van der Waals surface area contributed by atoms with Crippen LogP contribution < -0.4 is 5.32 Å². The molecular formula is C17H19NO5S2. The fraction of sp³-hybridized carbons (Fsp3) is 0.235. The zero-order valence-electron chi connectivity index (χ0n) is 14.1. The van der Waals surface area contributed by atoms with Gasteiger partial charge in [-0.3, -0.25) is 4.79 Å². The van der Waals surface area contributed by atoms with Crippen molar-refractivity contribution in [1.82, 2.24) is 5.32 Å². The number of carbonyl (C=O) groups is 1. The summed E-state index contributed by atoms with van der Waals surface area (Å²) in [6.45, 7) is 1.76. The summed E-state index contributed by atoms with van der Waals surface area (Å²) in [7, 11) is -6.67. The molecule has 1 amide bonds. The number of sulfone groups is 2. The van der Waals surface area contributed by atoms with Gasteiger partial charge in [-0.2, -0.15) is 0 Å². The molecule has 0 radical (unpaired) electrons. The van der Waals surface area contributed by atoms with Crippen LogP contribution in [0.4, 0.5) is 0 Å². The Bertz CT molecular complexity index is 994. The average Bonchev–Trinajstić information content (AvgIpc) is 2.53. The van der Waals surface area contributed by atoms with Crippen molar-refractivity contribution in [2.45, 2.75) is 22.8 Å². The van der Waals surface area contributed by atoms with Crippen molar-refractivity contribution in [3.63, 3.8) is 0 Å². The Kier molecular flexibility index (Phi) is 5.34. The highest BCUT2D eigenvalue weighted by Gasteiger charge is 2.15. The molecule has 0 fully saturated rings. The third-order valence-corrected chi connectivity index (χ3v) is 5.92. The van der Waals surface area contributed by atoms with E-state index in [1.807, 2.05) is 0 Å². The van der Waals surface area contributed by atoms with Crippen LogP contribution in [0.25, 0.3) is 0 Å². The van der Waals surface area contributed by atoms with Crippen LogP contribution in [0.2, 0.25) is 0 Å². The molecule has 1 atom stereocenters. The predicted molar refractivity (Wildman–Crippen MR) is 95.0 cm³/mol. The number of hydrogen-bond acceptors (Lipinski definition) is 5. The maximum absolute atomic E-state index is 12.3. The topological polar surface area (TPSA) is 97.4 Å². The van der Waals surface area contributed by atoms with E-state index in [4.69, 9.17) is 0 Å². The summed E-state index contributed by atoms with van der Waals surface area (Å²) in [6, 6.07) is 11.7. The molecule has 0 aliphatic carbocycles. The third kappa shape index (κ3) is 4.90. The molecule has 0 saturated heterocycles. The number of benzene rings is 2. The first-order valence-electron chi connectivity index (χ1n) is 7.39. The van der Waals surface area contributed by atoms with Gasteiger partial charge in [0, 0.05) is 18.1 Å². The van der Waals surface area contributed by atoms with Gasteiger partial charge in [0.05, 0.1) is 15.8 Å². The van der Waals surface area contributed by atoms with Crippen molar-refractivity contribution in [3.05, 3.63) is 59.7 Å². The maximum atomic E-state index is 12.3. The van der Waals surface area contributed by atoms with Gasteiger partial charge >= 0.3 is 0 Å². The molecule has 2 aromatic rings. The fourth-order valence-corrected chi connectivity index (χ4v) is 3.53. The van der Waals surface area contributed by atoms with Crippen LogP contribution in [0.1, 0.15) is 28.9 Å². The van der Waals surface area contributed by atoms with Gasteiger partial charge in [0.15, 0.2) is 19.7 Å². The van der Waals surface area contributed by atoms with Gasteiger partial charge in [-0.1, -0.05) is 18.2 Å². The first kappa shape index (κ1) is 19.1. The van der Waals surface area contributed by atoms with E-state index in [2.05, 4.69) is 5.32 Å². The average molecular weight is 381 g/mol. The molecular weight excluding hydrogens is 362 g/mol. The van der Waals surface area contributed by atoms with E-state index in [0.717, 1.165) is 18.1 Å². The van der Waals surface area contributed by atoms with E-state index < -0.39 is 25.6 Å². The third-order valence-electron chi connectivity index (χ3n) is 3.68. The van der Waals surface area contributed by atoms with Gasteiger partial charge in [-0.05, 0) is 42.8 Å². The molecule has 0 aromatic heterocycles. The van der Waals surface area contributed by atoms with E-state index in [1.165, 1.54) is 36.4 Å². The fourth-order valence-electron chi connectivity index (χ4n) is 2.23. The van der Waals surface area contributed by atoms with Gasteiger partial charge in [0.25, 0.3) is 5.91 Å². The quantitative estimate of drug-likeness (QED) is 0.854. The molecule has 1 N–H and O–H groups in total. The number of carbonyl (C=O) groups excluding carboxylic acids is 1. The predicted octanol–water partition coefficient (Wildman–Crippen LogP) is 1.98. The summed E-state index contributed by atoms with van der Waals surface area (Å²) >= 11 is 0. The van der Waals surface area contributed by atoms with E-state index >= 15 is 0 Å². The molecule has 0 aliphatic heterocycles. The monoisotopic (exact) mass is 381 g/mol. The normalized spacial score (nSPS) is 13.2. The molecule has 8 heteroatoms. The highest BCUT2D eigenvalue weighted by molar-refractivity contribution is 7.91. The Hall–Kier alpha value is -2.19. The summed E-state index contributed by atoms with van der Waals surface area (Å²) < 4.78 is 46.1. The Morgan fingerprint density at radius 1 is 0.880 bits per heavy atom.